The molecule has 2 heteroatoms. The highest BCUT2D eigenvalue weighted by molar-refractivity contribution is 5.77. The molecule has 2 rings (SSSR count). The molecule has 2 nitrogen and oxygen atoms in total. The average Bonchev–Trinajstić information content (AvgIpc) is 2.12. The van der Waals surface area contributed by atoms with Crippen LogP contribution in [0, 0.1) is 12.8 Å². The highest BCUT2D eigenvalue weighted by Crippen LogP contribution is 2.40. The van der Waals surface area contributed by atoms with Gasteiger partial charge in [-0.15, -0.1) is 0 Å². The second kappa shape index (κ2) is 4.05. The van der Waals surface area contributed by atoms with Crippen LogP contribution in [-0.2, 0) is 4.79 Å². The molecular formula is C13H16O2. The van der Waals surface area contributed by atoms with Crippen LogP contribution in [0.5, 0.6) is 0 Å². The average molecular weight is 204 g/mol. The summed E-state index contributed by atoms with van der Waals surface area (Å²) in [6.07, 6.45) is 3.30. The number of benzene rings is 1. The van der Waals surface area contributed by atoms with Crippen molar-refractivity contribution in [1.29, 1.82) is 0 Å². The van der Waals surface area contributed by atoms with E-state index in [-0.39, 0.29) is 5.92 Å². The summed E-state index contributed by atoms with van der Waals surface area (Å²) in [6.45, 7) is 1.99. The zero-order chi connectivity index (χ0) is 10.8. The first-order valence-corrected chi connectivity index (χ1v) is 5.48. The number of rotatable bonds is 3. The monoisotopic (exact) mass is 204 g/mol. The highest BCUT2D eigenvalue weighted by Gasteiger charge is 2.34. The van der Waals surface area contributed by atoms with E-state index in [4.69, 9.17) is 0 Å². The van der Waals surface area contributed by atoms with Crippen molar-refractivity contribution in [3.63, 3.8) is 0 Å². The minimum atomic E-state index is -0.672. The molecule has 1 fully saturated rings. The first kappa shape index (κ1) is 10.2. The molecule has 0 radical (unpaired) electrons. The molecule has 1 aromatic rings. The molecule has 0 bridgehead atoms. The van der Waals surface area contributed by atoms with E-state index in [1.807, 2.05) is 31.2 Å². The summed E-state index contributed by atoms with van der Waals surface area (Å²) in [5.41, 5.74) is 2.09. The van der Waals surface area contributed by atoms with Crippen LogP contribution in [0.4, 0.5) is 0 Å². The summed E-state index contributed by atoms with van der Waals surface area (Å²) in [5.74, 6) is -0.613. The first-order valence-electron chi connectivity index (χ1n) is 5.48. The molecule has 0 heterocycles. The molecule has 0 spiro atoms. The Hall–Kier alpha value is -1.31. The summed E-state index contributed by atoms with van der Waals surface area (Å²) in [4.78, 5) is 11.3. The Balaban J connectivity index is 2.32. The third-order valence-electron chi connectivity index (χ3n) is 3.41. The fraction of sp³-hybridized carbons (Fsp3) is 0.462. The predicted octanol–water partition coefficient (Wildman–Crippen LogP) is 2.96. The second-order valence-electron chi connectivity index (χ2n) is 4.36. The topological polar surface area (TPSA) is 37.3 Å². The highest BCUT2D eigenvalue weighted by atomic mass is 16.4. The quantitative estimate of drug-likeness (QED) is 0.821. The molecule has 0 amide bonds. The number of carbonyl (C=O) groups is 1. The molecule has 80 valence electrons. The maximum Gasteiger partial charge on any atom is 0.311 e. The van der Waals surface area contributed by atoms with Crippen molar-refractivity contribution in [3.8, 4) is 0 Å². The second-order valence-corrected chi connectivity index (χ2v) is 4.36. The summed E-state index contributed by atoms with van der Waals surface area (Å²) in [6, 6.07) is 7.83. The van der Waals surface area contributed by atoms with Gasteiger partial charge in [0.2, 0.25) is 0 Å². The molecule has 15 heavy (non-hydrogen) atoms. The molecule has 0 saturated heterocycles. The number of aryl methyl sites for hydroxylation is 1. The largest absolute Gasteiger partial charge is 0.481 e. The smallest absolute Gasteiger partial charge is 0.311 e. The van der Waals surface area contributed by atoms with Crippen LogP contribution in [0.25, 0.3) is 0 Å². The normalized spacial score (nSPS) is 18.2. The lowest BCUT2D eigenvalue weighted by Gasteiger charge is -2.32. The third kappa shape index (κ3) is 1.89. The number of hydrogen-bond acceptors (Lipinski definition) is 1. The molecule has 1 aromatic carbocycles. The lowest BCUT2D eigenvalue weighted by molar-refractivity contribution is -0.141. The molecule has 1 aliphatic carbocycles. The van der Waals surface area contributed by atoms with Crippen molar-refractivity contribution >= 4 is 5.97 Å². The molecule has 1 N–H and O–H groups in total. The van der Waals surface area contributed by atoms with E-state index in [2.05, 4.69) is 0 Å². The summed E-state index contributed by atoms with van der Waals surface area (Å²) >= 11 is 0. The third-order valence-corrected chi connectivity index (χ3v) is 3.41. The Morgan fingerprint density at radius 3 is 2.53 bits per heavy atom. The Morgan fingerprint density at radius 1 is 1.40 bits per heavy atom. The summed E-state index contributed by atoms with van der Waals surface area (Å²) < 4.78 is 0. The van der Waals surface area contributed by atoms with E-state index in [9.17, 15) is 9.90 Å². The van der Waals surface area contributed by atoms with Gasteiger partial charge in [-0.25, -0.2) is 0 Å². The lowest BCUT2D eigenvalue weighted by atomic mass is 9.72. The van der Waals surface area contributed by atoms with Gasteiger partial charge in [0.25, 0.3) is 0 Å². The van der Waals surface area contributed by atoms with Crippen molar-refractivity contribution in [2.75, 3.05) is 0 Å². The van der Waals surface area contributed by atoms with Gasteiger partial charge in [0.1, 0.15) is 0 Å². The Bertz CT molecular complexity index is 367. The van der Waals surface area contributed by atoms with Crippen molar-refractivity contribution in [1.82, 2.24) is 0 Å². The molecule has 1 atom stereocenters. The van der Waals surface area contributed by atoms with Gasteiger partial charge in [-0.1, -0.05) is 30.7 Å². The van der Waals surface area contributed by atoms with E-state index in [1.54, 1.807) is 0 Å². The van der Waals surface area contributed by atoms with Gasteiger partial charge < -0.3 is 5.11 Å². The molecule has 0 aromatic heterocycles. The van der Waals surface area contributed by atoms with Crippen LogP contribution in [0.15, 0.2) is 24.3 Å². The summed E-state index contributed by atoms with van der Waals surface area (Å²) in [5, 5.41) is 9.29. The van der Waals surface area contributed by atoms with E-state index >= 15 is 0 Å². The fourth-order valence-electron chi connectivity index (χ4n) is 2.30. The minimum Gasteiger partial charge on any atom is -0.481 e. The molecule has 0 aliphatic heterocycles. The van der Waals surface area contributed by atoms with Crippen LogP contribution < -0.4 is 0 Å². The molecule has 1 unspecified atom stereocenters. The van der Waals surface area contributed by atoms with E-state index in [1.165, 1.54) is 6.42 Å². The number of hydrogen-bond donors (Lipinski definition) is 1. The van der Waals surface area contributed by atoms with Gasteiger partial charge in [0.05, 0.1) is 5.92 Å². The van der Waals surface area contributed by atoms with Crippen LogP contribution in [0.2, 0.25) is 0 Å². The molecular weight excluding hydrogens is 188 g/mol. The van der Waals surface area contributed by atoms with Gasteiger partial charge in [-0.05, 0) is 36.8 Å². The fourth-order valence-corrected chi connectivity index (χ4v) is 2.30. The van der Waals surface area contributed by atoms with E-state index in [0.29, 0.717) is 5.92 Å². The standard InChI is InChI=1S/C13H16O2/c1-9-5-2-3-8-11(9)12(13(14)15)10-6-4-7-10/h2-3,5,8,10,12H,4,6-7H2,1H3,(H,14,15). The first-order chi connectivity index (χ1) is 7.20. The van der Waals surface area contributed by atoms with Crippen molar-refractivity contribution in [2.45, 2.75) is 32.1 Å². The van der Waals surface area contributed by atoms with E-state index in [0.717, 1.165) is 24.0 Å². The maximum absolute atomic E-state index is 11.3. The van der Waals surface area contributed by atoms with Crippen molar-refractivity contribution < 1.29 is 9.90 Å². The van der Waals surface area contributed by atoms with Gasteiger partial charge in [0, 0.05) is 0 Å². The van der Waals surface area contributed by atoms with Crippen molar-refractivity contribution in [2.24, 2.45) is 5.92 Å². The van der Waals surface area contributed by atoms with Crippen LogP contribution in [0.1, 0.15) is 36.3 Å². The summed E-state index contributed by atoms with van der Waals surface area (Å²) in [7, 11) is 0. The van der Waals surface area contributed by atoms with Gasteiger partial charge in [-0.2, -0.15) is 0 Å². The Labute approximate surface area is 89.9 Å². The minimum absolute atomic E-state index is 0.292. The number of carboxylic acid groups (broad SMARTS) is 1. The van der Waals surface area contributed by atoms with E-state index < -0.39 is 5.97 Å². The Kier molecular flexibility index (Phi) is 2.76. The zero-order valence-electron chi connectivity index (χ0n) is 8.94. The maximum atomic E-state index is 11.3. The van der Waals surface area contributed by atoms with Crippen LogP contribution in [0.3, 0.4) is 0 Å². The Morgan fingerprint density at radius 2 is 2.07 bits per heavy atom. The van der Waals surface area contributed by atoms with Crippen molar-refractivity contribution in [3.05, 3.63) is 35.4 Å². The SMILES string of the molecule is Cc1ccccc1C(C(=O)O)C1CCC1. The number of carboxylic acids is 1. The lowest BCUT2D eigenvalue weighted by Crippen LogP contribution is -2.27. The molecule has 1 saturated carbocycles. The van der Waals surface area contributed by atoms with Gasteiger partial charge >= 0.3 is 5.97 Å². The van der Waals surface area contributed by atoms with Crippen LogP contribution in [-0.4, -0.2) is 11.1 Å². The number of aliphatic carboxylic acids is 1. The van der Waals surface area contributed by atoms with Gasteiger partial charge in [-0.3, -0.25) is 4.79 Å². The zero-order valence-corrected chi connectivity index (χ0v) is 8.94. The molecule has 1 aliphatic rings. The predicted molar refractivity (Wildman–Crippen MR) is 58.9 cm³/mol. The van der Waals surface area contributed by atoms with Crippen LogP contribution >= 0.6 is 0 Å². The van der Waals surface area contributed by atoms with Gasteiger partial charge in [0.15, 0.2) is 0 Å².